The Morgan fingerprint density at radius 1 is 1.19 bits per heavy atom. The van der Waals surface area contributed by atoms with Crippen LogP contribution in [-0.2, 0) is 11.2 Å². The van der Waals surface area contributed by atoms with E-state index in [9.17, 15) is 4.79 Å². The SMILES string of the molecule is COc1ccccc1CC(=O)N[C@@H](c1ccccn1)C1CCC(CN)CC1. The van der Waals surface area contributed by atoms with E-state index in [1.807, 2.05) is 42.5 Å². The van der Waals surface area contributed by atoms with Gasteiger partial charge in [-0.25, -0.2) is 0 Å². The van der Waals surface area contributed by atoms with Gasteiger partial charge in [0.15, 0.2) is 0 Å². The van der Waals surface area contributed by atoms with E-state index in [4.69, 9.17) is 10.5 Å². The molecule has 0 unspecified atom stereocenters. The molecule has 0 bridgehead atoms. The number of hydrogen-bond donors (Lipinski definition) is 2. The highest BCUT2D eigenvalue weighted by atomic mass is 16.5. The lowest BCUT2D eigenvalue weighted by atomic mass is 9.77. The van der Waals surface area contributed by atoms with Crippen molar-refractivity contribution in [3.63, 3.8) is 0 Å². The Kier molecular flexibility index (Phi) is 6.82. The number of ether oxygens (including phenoxy) is 1. The van der Waals surface area contributed by atoms with Crippen molar-refractivity contribution in [2.24, 2.45) is 17.6 Å². The van der Waals surface area contributed by atoms with Crippen LogP contribution in [0.2, 0.25) is 0 Å². The number of nitrogens with zero attached hydrogens (tertiary/aromatic N) is 1. The predicted octanol–water partition coefficient (Wildman–Crippen LogP) is 3.26. The molecule has 0 saturated heterocycles. The highest BCUT2D eigenvalue weighted by Gasteiger charge is 2.30. The standard InChI is InChI=1S/C22H29N3O2/c1-27-20-8-3-2-6-18(20)14-21(26)25-22(19-7-4-5-13-24-19)17-11-9-16(15-23)10-12-17/h2-8,13,16-17,22H,9-12,14-15,23H2,1H3,(H,25,26)/t16?,17?,22-/m1/s1. The van der Waals surface area contributed by atoms with Gasteiger partial charge in [0.1, 0.15) is 5.75 Å². The van der Waals surface area contributed by atoms with Crippen LogP contribution in [-0.4, -0.2) is 24.5 Å². The van der Waals surface area contributed by atoms with Crippen LogP contribution >= 0.6 is 0 Å². The Balaban J connectivity index is 1.72. The Morgan fingerprint density at radius 3 is 2.59 bits per heavy atom. The van der Waals surface area contributed by atoms with Gasteiger partial charge in [-0.15, -0.1) is 0 Å². The summed E-state index contributed by atoms with van der Waals surface area (Å²) in [5.41, 5.74) is 7.66. The van der Waals surface area contributed by atoms with Gasteiger partial charge in [-0.2, -0.15) is 0 Å². The van der Waals surface area contributed by atoms with Crippen LogP contribution in [0.5, 0.6) is 5.75 Å². The molecule has 5 nitrogen and oxygen atoms in total. The molecule has 1 amide bonds. The van der Waals surface area contributed by atoms with Crippen LogP contribution in [0.15, 0.2) is 48.7 Å². The minimum absolute atomic E-state index is 0.00361. The lowest BCUT2D eigenvalue weighted by Gasteiger charge is -2.33. The molecule has 1 aromatic heterocycles. The molecule has 5 heteroatoms. The van der Waals surface area contributed by atoms with E-state index in [0.29, 0.717) is 18.3 Å². The maximum absolute atomic E-state index is 12.8. The van der Waals surface area contributed by atoms with Crippen LogP contribution in [0.3, 0.4) is 0 Å². The van der Waals surface area contributed by atoms with Crippen molar-refractivity contribution in [1.29, 1.82) is 0 Å². The molecule has 1 aromatic carbocycles. The minimum Gasteiger partial charge on any atom is -0.496 e. The number of carbonyl (C=O) groups is 1. The largest absolute Gasteiger partial charge is 0.496 e. The van der Waals surface area contributed by atoms with Crippen LogP contribution in [0.25, 0.3) is 0 Å². The highest BCUT2D eigenvalue weighted by Crippen LogP contribution is 2.36. The molecule has 144 valence electrons. The van der Waals surface area contributed by atoms with Gasteiger partial charge in [-0.05, 0) is 62.3 Å². The minimum atomic E-state index is -0.0628. The Hall–Kier alpha value is -2.40. The average Bonchev–Trinajstić information content (AvgIpc) is 2.73. The van der Waals surface area contributed by atoms with Gasteiger partial charge in [0, 0.05) is 11.8 Å². The molecule has 3 rings (SSSR count). The maximum Gasteiger partial charge on any atom is 0.225 e. The van der Waals surface area contributed by atoms with Gasteiger partial charge in [0.2, 0.25) is 5.91 Å². The number of benzene rings is 1. The quantitative estimate of drug-likeness (QED) is 0.787. The van der Waals surface area contributed by atoms with E-state index >= 15 is 0 Å². The number of pyridine rings is 1. The van der Waals surface area contributed by atoms with E-state index in [0.717, 1.165) is 49.2 Å². The molecule has 1 saturated carbocycles. The molecule has 1 fully saturated rings. The molecule has 1 aliphatic rings. The van der Waals surface area contributed by atoms with E-state index in [2.05, 4.69) is 10.3 Å². The number of hydrogen-bond acceptors (Lipinski definition) is 4. The van der Waals surface area contributed by atoms with Crippen molar-refractivity contribution in [2.45, 2.75) is 38.1 Å². The zero-order valence-electron chi connectivity index (χ0n) is 15.9. The van der Waals surface area contributed by atoms with Crippen LogP contribution < -0.4 is 15.8 Å². The van der Waals surface area contributed by atoms with E-state index in [1.165, 1.54) is 0 Å². The van der Waals surface area contributed by atoms with Crippen LogP contribution in [0.1, 0.15) is 43.0 Å². The van der Waals surface area contributed by atoms with Crippen molar-refractivity contribution in [3.8, 4) is 5.75 Å². The second kappa shape index (κ2) is 9.51. The monoisotopic (exact) mass is 367 g/mol. The maximum atomic E-state index is 12.8. The lowest BCUT2D eigenvalue weighted by Crippen LogP contribution is -2.37. The number of rotatable bonds is 7. The summed E-state index contributed by atoms with van der Waals surface area (Å²) in [6.07, 6.45) is 6.46. The van der Waals surface area contributed by atoms with Gasteiger partial charge in [0.25, 0.3) is 0 Å². The first-order valence-corrected chi connectivity index (χ1v) is 9.73. The molecule has 1 atom stereocenters. The second-order valence-corrected chi connectivity index (χ2v) is 7.30. The smallest absolute Gasteiger partial charge is 0.225 e. The summed E-state index contributed by atoms with van der Waals surface area (Å²) >= 11 is 0. The topological polar surface area (TPSA) is 77.2 Å². The first kappa shape index (κ1) is 19.4. The molecule has 1 heterocycles. The molecule has 1 aliphatic carbocycles. The summed E-state index contributed by atoms with van der Waals surface area (Å²) in [6.45, 7) is 0.751. The third kappa shape index (κ3) is 5.07. The Bertz CT molecular complexity index is 727. The third-order valence-corrected chi connectivity index (χ3v) is 5.56. The number of aromatic nitrogens is 1. The van der Waals surface area contributed by atoms with Gasteiger partial charge in [0.05, 0.1) is 25.3 Å². The van der Waals surface area contributed by atoms with Crippen molar-refractivity contribution in [2.75, 3.05) is 13.7 Å². The molecule has 27 heavy (non-hydrogen) atoms. The first-order valence-electron chi connectivity index (χ1n) is 9.73. The molecular formula is C22H29N3O2. The average molecular weight is 367 g/mol. The summed E-state index contributed by atoms with van der Waals surface area (Å²) in [4.78, 5) is 17.3. The predicted molar refractivity (Wildman–Crippen MR) is 106 cm³/mol. The molecule has 0 radical (unpaired) electrons. The zero-order chi connectivity index (χ0) is 19.1. The fraction of sp³-hybridized carbons (Fsp3) is 0.455. The third-order valence-electron chi connectivity index (χ3n) is 5.56. The first-order chi connectivity index (χ1) is 13.2. The van der Waals surface area contributed by atoms with Crippen molar-refractivity contribution >= 4 is 5.91 Å². The van der Waals surface area contributed by atoms with E-state index in [1.54, 1.807) is 13.3 Å². The molecular weight excluding hydrogens is 338 g/mol. The van der Waals surface area contributed by atoms with Gasteiger partial charge in [-0.1, -0.05) is 24.3 Å². The van der Waals surface area contributed by atoms with Crippen LogP contribution in [0, 0.1) is 11.8 Å². The van der Waals surface area contributed by atoms with Crippen LogP contribution in [0.4, 0.5) is 0 Å². The normalized spacial score (nSPS) is 20.7. The Morgan fingerprint density at radius 2 is 1.93 bits per heavy atom. The second-order valence-electron chi connectivity index (χ2n) is 7.30. The summed E-state index contributed by atoms with van der Waals surface area (Å²) < 4.78 is 5.37. The Labute approximate surface area is 161 Å². The number of methoxy groups -OCH3 is 1. The highest BCUT2D eigenvalue weighted by molar-refractivity contribution is 5.79. The fourth-order valence-corrected chi connectivity index (χ4v) is 4.00. The molecule has 0 aliphatic heterocycles. The van der Waals surface area contributed by atoms with Gasteiger partial charge in [-0.3, -0.25) is 9.78 Å². The zero-order valence-corrected chi connectivity index (χ0v) is 15.9. The van der Waals surface area contributed by atoms with Gasteiger partial charge >= 0.3 is 0 Å². The van der Waals surface area contributed by atoms with Crippen molar-refractivity contribution < 1.29 is 9.53 Å². The number of para-hydroxylation sites is 1. The molecule has 2 aromatic rings. The number of carbonyl (C=O) groups excluding carboxylic acids is 1. The summed E-state index contributed by atoms with van der Waals surface area (Å²) in [6, 6.07) is 13.5. The number of amides is 1. The lowest BCUT2D eigenvalue weighted by molar-refractivity contribution is -0.121. The van der Waals surface area contributed by atoms with Crippen molar-refractivity contribution in [3.05, 3.63) is 59.9 Å². The fourth-order valence-electron chi connectivity index (χ4n) is 4.00. The number of nitrogens with one attached hydrogen (secondary N) is 1. The summed E-state index contributed by atoms with van der Waals surface area (Å²) in [7, 11) is 1.63. The van der Waals surface area contributed by atoms with E-state index in [-0.39, 0.29) is 11.9 Å². The molecule has 3 N–H and O–H groups in total. The van der Waals surface area contributed by atoms with E-state index < -0.39 is 0 Å². The summed E-state index contributed by atoms with van der Waals surface area (Å²) in [5, 5.41) is 3.25. The van der Waals surface area contributed by atoms with Crippen molar-refractivity contribution in [1.82, 2.24) is 10.3 Å². The number of nitrogens with two attached hydrogens (primary N) is 1. The van der Waals surface area contributed by atoms with Gasteiger partial charge < -0.3 is 15.8 Å². The molecule has 0 spiro atoms. The summed E-state index contributed by atoms with van der Waals surface area (Å²) in [5.74, 6) is 1.74.